The topological polar surface area (TPSA) is 83.0 Å². The van der Waals surface area contributed by atoms with Crippen LogP contribution >= 0.6 is 0 Å². The average Bonchev–Trinajstić information content (AvgIpc) is 2.81. The van der Waals surface area contributed by atoms with E-state index in [1.165, 1.54) is 0 Å². The van der Waals surface area contributed by atoms with Gasteiger partial charge in [0.2, 0.25) is 0 Å². The maximum absolute atomic E-state index is 10.6. The van der Waals surface area contributed by atoms with Crippen LogP contribution in [0.25, 0.3) is 0 Å². The summed E-state index contributed by atoms with van der Waals surface area (Å²) in [6, 6.07) is 0. The summed E-state index contributed by atoms with van der Waals surface area (Å²) in [6.45, 7) is 3.65. The second-order valence-corrected chi connectivity index (χ2v) is 5.77. The van der Waals surface area contributed by atoms with Gasteiger partial charge in [-0.1, -0.05) is 32.6 Å². The standard InChI is InChI=1S/C8H18O3S.C3H4N2/c1-3-4-5-6-7-8(2)12(9,10)11;1-2-5-3-4-1/h8H,3-7H2,1-2H3,(H,9,10,11);1-3H,(H,4,5). The van der Waals surface area contributed by atoms with Gasteiger partial charge in [0.25, 0.3) is 10.1 Å². The quantitative estimate of drug-likeness (QED) is 0.610. The molecule has 1 aromatic heterocycles. The maximum atomic E-state index is 10.6. The summed E-state index contributed by atoms with van der Waals surface area (Å²) >= 11 is 0. The van der Waals surface area contributed by atoms with E-state index in [9.17, 15) is 8.42 Å². The molecule has 1 unspecified atom stereocenters. The molecule has 17 heavy (non-hydrogen) atoms. The van der Waals surface area contributed by atoms with E-state index in [0.29, 0.717) is 6.42 Å². The van der Waals surface area contributed by atoms with E-state index in [1.807, 2.05) is 0 Å². The van der Waals surface area contributed by atoms with E-state index < -0.39 is 15.4 Å². The van der Waals surface area contributed by atoms with Crippen molar-refractivity contribution >= 4 is 10.1 Å². The summed E-state index contributed by atoms with van der Waals surface area (Å²) in [7, 11) is -3.79. The molecule has 6 heteroatoms. The van der Waals surface area contributed by atoms with E-state index in [-0.39, 0.29) is 0 Å². The molecule has 0 aromatic carbocycles. The number of rotatable bonds is 6. The number of hydrogen-bond donors (Lipinski definition) is 2. The van der Waals surface area contributed by atoms with Gasteiger partial charge in [0.15, 0.2) is 0 Å². The summed E-state index contributed by atoms with van der Waals surface area (Å²) < 4.78 is 29.7. The highest BCUT2D eigenvalue weighted by Gasteiger charge is 2.15. The minimum atomic E-state index is -3.79. The minimum Gasteiger partial charge on any atom is -0.351 e. The van der Waals surface area contributed by atoms with Crippen LogP contribution in [0.4, 0.5) is 0 Å². The Labute approximate surface area is 103 Å². The lowest BCUT2D eigenvalue weighted by Crippen LogP contribution is -2.15. The Morgan fingerprint density at radius 1 is 1.35 bits per heavy atom. The molecular weight excluding hydrogens is 240 g/mol. The van der Waals surface area contributed by atoms with Gasteiger partial charge in [-0.15, -0.1) is 0 Å². The average molecular weight is 262 g/mol. The van der Waals surface area contributed by atoms with Crippen molar-refractivity contribution in [3.63, 3.8) is 0 Å². The van der Waals surface area contributed by atoms with Crippen molar-refractivity contribution < 1.29 is 13.0 Å². The zero-order chi connectivity index (χ0) is 13.1. The number of aromatic amines is 1. The SMILES string of the molecule is CCCCCCC(C)S(=O)(=O)O.c1c[nH]cn1. The van der Waals surface area contributed by atoms with Crippen LogP contribution in [0.2, 0.25) is 0 Å². The van der Waals surface area contributed by atoms with Gasteiger partial charge in [-0.05, 0) is 13.3 Å². The van der Waals surface area contributed by atoms with E-state index in [4.69, 9.17) is 4.55 Å². The van der Waals surface area contributed by atoms with Crippen LogP contribution in [0.5, 0.6) is 0 Å². The van der Waals surface area contributed by atoms with Gasteiger partial charge >= 0.3 is 0 Å². The molecule has 0 amide bonds. The highest BCUT2D eigenvalue weighted by molar-refractivity contribution is 7.86. The van der Waals surface area contributed by atoms with Gasteiger partial charge < -0.3 is 4.98 Å². The van der Waals surface area contributed by atoms with Crippen LogP contribution in [-0.2, 0) is 10.1 Å². The third-order valence-corrected chi connectivity index (χ3v) is 3.63. The molecule has 1 aromatic rings. The monoisotopic (exact) mass is 262 g/mol. The van der Waals surface area contributed by atoms with Crippen LogP contribution in [-0.4, -0.2) is 28.2 Å². The molecule has 0 aliphatic heterocycles. The Balaban J connectivity index is 0.000000419. The first-order valence-corrected chi connectivity index (χ1v) is 7.37. The van der Waals surface area contributed by atoms with E-state index >= 15 is 0 Å². The van der Waals surface area contributed by atoms with E-state index in [1.54, 1.807) is 25.6 Å². The molecule has 0 bridgehead atoms. The summed E-state index contributed by atoms with van der Waals surface area (Å²) in [5.74, 6) is 0. The molecule has 0 spiro atoms. The van der Waals surface area contributed by atoms with Crippen LogP contribution in [0.3, 0.4) is 0 Å². The minimum absolute atomic E-state index is 0.568. The number of aromatic nitrogens is 2. The number of nitrogens with one attached hydrogen (secondary N) is 1. The summed E-state index contributed by atoms with van der Waals surface area (Å²) in [4.78, 5) is 6.42. The van der Waals surface area contributed by atoms with E-state index in [2.05, 4.69) is 16.9 Å². The van der Waals surface area contributed by atoms with Crippen molar-refractivity contribution in [2.45, 2.75) is 51.2 Å². The second kappa shape index (κ2) is 9.18. The molecule has 1 heterocycles. The normalized spacial score (nSPS) is 12.6. The Kier molecular flexibility index (Phi) is 8.71. The third-order valence-electron chi connectivity index (χ3n) is 2.38. The van der Waals surface area contributed by atoms with E-state index in [0.717, 1.165) is 25.7 Å². The molecule has 0 saturated carbocycles. The maximum Gasteiger partial charge on any atom is 0.267 e. The van der Waals surface area contributed by atoms with Crippen molar-refractivity contribution in [3.05, 3.63) is 18.7 Å². The fourth-order valence-electron chi connectivity index (χ4n) is 1.22. The number of hydrogen-bond acceptors (Lipinski definition) is 3. The largest absolute Gasteiger partial charge is 0.351 e. The third kappa shape index (κ3) is 10.0. The van der Waals surface area contributed by atoms with Gasteiger partial charge in [0.1, 0.15) is 0 Å². The number of nitrogens with zero attached hydrogens (tertiary/aromatic N) is 1. The molecule has 0 aliphatic rings. The zero-order valence-corrected chi connectivity index (χ0v) is 11.3. The van der Waals surface area contributed by atoms with Gasteiger partial charge in [-0.25, -0.2) is 4.98 Å². The molecule has 1 atom stereocenters. The fourth-order valence-corrected chi connectivity index (χ4v) is 1.69. The highest BCUT2D eigenvalue weighted by atomic mass is 32.2. The molecule has 0 fully saturated rings. The Morgan fingerprint density at radius 3 is 2.41 bits per heavy atom. The summed E-state index contributed by atoms with van der Waals surface area (Å²) in [5.41, 5.74) is 0. The van der Waals surface area contributed by atoms with Crippen LogP contribution in [0.1, 0.15) is 46.0 Å². The molecule has 2 N–H and O–H groups in total. The smallest absolute Gasteiger partial charge is 0.267 e. The van der Waals surface area contributed by atoms with Gasteiger partial charge in [0.05, 0.1) is 11.6 Å². The predicted molar refractivity (Wildman–Crippen MR) is 68.4 cm³/mol. The van der Waals surface area contributed by atoms with Crippen LogP contribution in [0, 0.1) is 0 Å². The molecule has 100 valence electrons. The lowest BCUT2D eigenvalue weighted by Gasteiger charge is -2.06. The molecule has 5 nitrogen and oxygen atoms in total. The number of H-pyrrole nitrogens is 1. The molecule has 0 radical (unpaired) electrons. The molecular formula is C11H22N2O3S. The lowest BCUT2D eigenvalue weighted by molar-refractivity contribution is 0.462. The molecule has 0 saturated heterocycles. The van der Waals surface area contributed by atoms with Crippen molar-refractivity contribution in [2.24, 2.45) is 0 Å². The zero-order valence-electron chi connectivity index (χ0n) is 10.5. The first kappa shape index (κ1) is 16.1. The number of unbranched alkanes of at least 4 members (excludes halogenated alkanes) is 3. The van der Waals surface area contributed by atoms with Crippen molar-refractivity contribution in [1.29, 1.82) is 0 Å². The Hall–Kier alpha value is -0.880. The van der Waals surface area contributed by atoms with Crippen molar-refractivity contribution in [2.75, 3.05) is 0 Å². The Bertz CT molecular complexity index is 332. The lowest BCUT2D eigenvalue weighted by atomic mass is 10.1. The van der Waals surface area contributed by atoms with Crippen LogP contribution in [0.15, 0.2) is 18.7 Å². The van der Waals surface area contributed by atoms with Crippen molar-refractivity contribution in [3.8, 4) is 0 Å². The highest BCUT2D eigenvalue weighted by Crippen LogP contribution is 2.10. The predicted octanol–water partition coefficient (Wildman–Crippen LogP) is 2.64. The first-order chi connectivity index (χ1) is 7.98. The van der Waals surface area contributed by atoms with Gasteiger partial charge in [-0.2, -0.15) is 8.42 Å². The van der Waals surface area contributed by atoms with Gasteiger partial charge in [-0.3, -0.25) is 4.55 Å². The summed E-state index contributed by atoms with van der Waals surface area (Å²) in [5, 5.41) is -0.602. The van der Waals surface area contributed by atoms with Crippen molar-refractivity contribution in [1.82, 2.24) is 9.97 Å². The first-order valence-electron chi connectivity index (χ1n) is 5.87. The number of imidazole rings is 1. The second-order valence-electron chi connectivity index (χ2n) is 3.94. The van der Waals surface area contributed by atoms with Gasteiger partial charge in [0, 0.05) is 12.4 Å². The molecule has 0 aliphatic carbocycles. The molecule has 1 rings (SSSR count). The fraction of sp³-hybridized carbons (Fsp3) is 0.727. The van der Waals surface area contributed by atoms with Crippen LogP contribution < -0.4 is 0 Å². The Morgan fingerprint density at radius 2 is 2.06 bits per heavy atom. The summed E-state index contributed by atoms with van der Waals surface area (Å²) in [6.07, 6.45) is 9.86.